The average molecular weight is 631 g/mol. The van der Waals surface area contributed by atoms with Gasteiger partial charge >= 0.3 is 6.72 Å². The van der Waals surface area contributed by atoms with Crippen molar-refractivity contribution in [1.82, 2.24) is 34.1 Å². The highest BCUT2D eigenvalue weighted by atomic mass is 32.5. The van der Waals surface area contributed by atoms with Crippen molar-refractivity contribution in [1.29, 1.82) is 0 Å². The van der Waals surface area contributed by atoms with Crippen LogP contribution in [0.1, 0.15) is 18.9 Å². The van der Waals surface area contributed by atoms with Crippen LogP contribution < -0.4 is 11.3 Å². The number of hydrogen-bond donors (Lipinski definition) is 5. The third-order valence-corrected chi connectivity index (χ3v) is 8.78. The van der Waals surface area contributed by atoms with Gasteiger partial charge in [-0.15, -0.1) is 0 Å². The second-order valence-electron chi connectivity index (χ2n) is 9.87. The van der Waals surface area contributed by atoms with Crippen LogP contribution in [0, 0.1) is 0 Å². The van der Waals surface area contributed by atoms with Crippen molar-refractivity contribution in [3.8, 4) is 0 Å². The number of aromatic amines is 1. The lowest BCUT2D eigenvalue weighted by Crippen LogP contribution is -2.35. The summed E-state index contributed by atoms with van der Waals surface area (Å²) < 4.78 is 54.4. The van der Waals surface area contributed by atoms with Crippen molar-refractivity contribution >= 4 is 46.5 Å². The zero-order valence-corrected chi connectivity index (χ0v) is 23.1. The lowest BCUT2D eigenvalue weighted by atomic mass is 10.0. The van der Waals surface area contributed by atoms with Crippen LogP contribution in [0.25, 0.3) is 22.2 Å². The number of anilines is 1. The summed E-state index contributed by atoms with van der Waals surface area (Å²) in [7, 11) is 0. The van der Waals surface area contributed by atoms with E-state index in [0.29, 0.717) is 5.52 Å². The van der Waals surface area contributed by atoms with Gasteiger partial charge < -0.3 is 48.9 Å². The number of alkyl halides is 2. The number of aromatic nitrogens is 7. The minimum absolute atomic E-state index is 0.0730. The van der Waals surface area contributed by atoms with Gasteiger partial charge in [-0.05, 0) is 17.9 Å². The fraction of sp³-hybridized carbons (Fsp3) is 0.500. The topological polar surface area (TPSA) is 218 Å². The summed E-state index contributed by atoms with van der Waals surface area (Å²) in [6.45, 7) is -6.57. The van der Waals surface area contributed by atoms with Gasteiger partial charge in [0.1, 0.15) is 42.4 Å². The fourth-order valence-corrected chi connectivity index (χ4v) is 6.50. The molecule has 20 heteroatoms. The Hall–Kier alpha value is -3.00. The maximum atomic E-state index is 15.1. The molecule has 2 aliphatic rings. The SMILES string of the molecule is Nc1ncnc2c1ncn2[C@@H]1O[C@H](COP(O)(=S)O[C@@H]2C[C@](CO)(CF)O[C@H]2n2cnc3c(=O)[nH]ccc32)[C@@H](O)[C@@H]1F. The van der Waals surface area contributed by atoms with Crippen LogP contribution in [-0.4, -0.2) is 99.1 Å². The Morgan fingerprint density at radius 2 is 2.00 bits per heavy atom. The molecule has 0 spiro atoms. The van der Waals surface area contributed by atoms with Gasteiger partial charge in [0.25, 0.3) is 5.56 Å². The summed E-state index contributed by atoms with van der Waals surface area (Å²) in [6, 6.07) is 1.54. The number of imidazole rings is 2. The Morgan fingerprint density at radius 3 is 2.76 bits per heavy atom. The van der Waals surface area contributed by atoms with Gasteiger partial charge in [-0.2, -0.15) is 0 Å². The molecule has 0 bridgehead atoms. The zero-order valence-electron chi connectivity index (χ0n) is 21.4. The number of hydrogen-bond acceptors (Lipinski definition) is 13. The van der Waals surface area contributed by atoms with E-state index in [9.17, 15) is 24.3 Å². The quantitative estimate of drug-likeness (QED) is 0.154. The fourth-order valence-electron chi connectivity index (χ4n) is 5.07. The number of fused-ring (bicyclic) bond motifs is 2. The molecule has 0 radical (unpaired) electrons. The molecule has 0 aromatic carbocycles. The molecule has 2 saturated heterocycles. The van der Waals surface area contributed by atoms with Crippen LogP contribution in [0.4, 0.5) is 14.6 Å². The molecule has 6 rings (SSSR count). The van der Waals surface area contributed by atoms with Gasteiger partial charge in [0, 0.05) is 12.6 Å². The predicted molar refractivity (Wildman–Crippen MR) is 143 cm³/mol. The summed E-state index contributed by atoms with van der Waals surface area (Å²) in [4.78, 5) is 41.6. The predicted octanol–water partition coefficient (Wildman–Crippen LogP) is -0.0188. The molecule has 2 aliphatic heterocycles. The first kappa shape index (κ1) is 29.1. The van der Waals surface area contributed by atoms with Crippen molar-refractivity contribution < 1.29 is 42.4 Å². The second kappa shape index (κ2) is 10.9. The number of aliphatic hydroxyl groups is 2. The normalized spacial score (nSPS) is 31.3. The molecule has 4 aromatic rings. The number of nitrogens with one attached hydrogen (secondary N) is 1. The summed E-state index contributed by atoms with van der Waals surface area (Å²) in [5.74, 6) is 0.0772. The molecule has 0 amide bonds. The molecule has 0 saturated carbocycles. The molecule has 6 N–H and O–H groups in total. The van der Waals surface area contributed by atoms with Gasteiger partial charge in [0.05, 0.1) is 31.4 Å². The smallest absolute Gasteiger partial charge is 0.325 e. The number of nitrogens with two attached hydrogens (primary N) is 1. The molecule has 2 fully saturated rings. The van der Waals surface area contributed by atoms with E-state index in [4.69, 9.17) is 36.1 Å². The first-order valence-electron chi connectivity index (χ1n) is 12.5. The summed E-state index contributed by atoms with van der Waals surface area (Å²) in [5.41, 5.74) is 4.41. The van der Waals surface area contributed by atoms with Gasteiger partial charge in [0.15, 0.2) is 35.6 Å². The van der Waals surface area contributed by atoms with Crippen LogP contribution in [0.5, 0.6) is 0 Å². The number of aliphatic hydroxyl groups excluding tert-OH is 2. The summed E-state index contributed by atoms with van der Waals surface area (Å²) in [6.07, 6.45) is -3.78. The molecular formula is C22H25F2N8O8PS. The Kier molecular flexibility index (Phi) is 7.57. The lowest BCUT2D eigenvalue weighted by Gasteiger charge is -2.26. The minimum Gasteiger partial charge on any atom is -0.393 e. The summed E-state index contributed by atoms with van der Waals surface area (Å²) in [5, 5.41) is 20.4. The number of nitrogens with zero attached hydrogens (tertiary/aromatic N) is 6. The maximum absolute atomic E-state index is 15.1. The van der Waals surface area contributed by atoms with Gasteiger partial charge in [0.2, 0.25) is 0 Å². The number of nitrogen functional groups attached to an aromatic ring is 1. The van der Waals surface area contributed by atoms with Gasteiger partial charge in [-0.3, -0.25) is 9.36 Å². The van der Waals surface area contributed by atoms with Crippen molar-refractivity contribution in [2.24, 2.45) is 0 Å². The van der Waals surface area contributed by atoms with Crippen LogP contribution in [0.15, 0.2) is 36.0 Å². The van der Waals surface area contributed by atoms with E-state index in [2.05, 4.69) is 24.9 Å². The van der Waals surface area contributed by atoms with E-state index in [1.54, 1.807) is 0 Å². The molecular weight excluding hydrogens is 605 g/mol. The number of ether oxygens (including phenoxy) is 2. The first-order chi connectivity index (χ1) is 20.1. The van der Waals surface area contributed by atoms with Crippen molar-refractivity contribution in [3.05, 3.63) is 41.6 Å². The molecule has 6 heterocycles. The van der Waals surface area contributed by atoms with Crippen molar-refractivity contribution in [2.75, 3.05) is 25.6 Å². The highest BCUT2D eigenvalue weighted by Gasteiger charge is 2.51. The molecule has 4 aromatic heterocycles. The van der Waals surface area contributed by atoms with Gasteiger partial charge in [-0.1, -0.05) is 0 Å². The molecule has 8 atom stereocenters. The van der Waals surface area contributed by atoms with Crippen LogP contribution in [0.3, 0.4) is 0 Å². The second-order valence-corrected chi connectivity index (χ2v) is 12.7. The number of rotatable bonds is 9. The first-order valence-corrected chi connectivity index (χ1v) is 15.1. The van der Waals surface area contributed by atoms with Gasteiger partial charge in [-0.25, -0.2) is 28.7 Å². The molecule has 0 aliphatic carbocycles. The highest BCUT2D eigenvalue weighted by molar-refractivity contribution is 8.07. The highest BCUT2D eigenvalue weighted by Crippen LogP contribution is 2.52. The van der Waals surface area contributed by atoms with E-state index in [0.717, 1.165) is 0 Å². The van der Waals surface area contributed by atoms with E-state index < -0.39 is 74.7 Å². The number of H-pyrrole nitrogens is 1. The molecule has 1 unspecified atom stereocenters. The Morgan fingerprint density at radius 1 is 1.24 bits per heavy atom. The zero-order chi connectivity index (χ0) is 29.8. The van der Waals surface area contributed by atoms with Crippen LogP contribution >= 0.6 is 6.72 Å². The van der Waals surface area contributed by atoms with Crippen LogP contribution in [-0.2, 0) is 30.3 Å². The molecule has 226 valence electrons. The molecule has 42 heavy (non-hydrogen) atoms. The molecule has 16 nitrogen and oxygen atoms in total. The lowest BCUT2D eigenvalue weighted by molar-refractivity contribution is -0.115. The third kappa shape index (κ3) is 4.99. The number of pyridine rings is 1. The largest absolute Gasteiger partial charge is 0.393 e. The Balaban J connectivity index is 1.18. The third-order valence-electron chi connectivity index (χ3n) is 7.20. The minimum atomic E-state index is -4.17. The van der Waals surface area contributed by atoms with E-state index >= 15 is 4.39 Å². The average Bonchev–Trinajstić information content (AvgIpc) is 3.73. The van der Waals surface area contributed by atoms with E-state index in [-0.39, 0.29) is 28.9 Å². The maximum Gasteiger partial charge on any atom is 0.325 e. The number of halogens is 2. The Labute approximate surface area is 239 Å². The monoisotopic (exact) mass is 630 g/mol. The van der Waals surface area contributed by atoms with Crippen molar-refractivity contribution in [2.45, 2.75) is 49.0 Å². The Bertz CT molecular complexity index is 1720. The van der Waals surface area contributed by atoms with Crippen LogP contribution in [0.2, 0.25) is 0 Å². The van der Waals surface area contributed by atoms with E-state index in [1.807, 2.05) is 0 Å². The summed E-state index contributed by atoms with van der Waals surface area (Å²) >= 11 is 5.17. The van der Waals surface area contributed by atoms with E-state index in [1.165, 1.54) is 40.4 Å². The van der Waals surface area contributed by atoms with Crippen molar-refractivity contribution in [3.63, 3.8) is 0 Å². The standard InChI is InChI=1S/C22H25F2N8O8PS/c23-5-22(6-33)3-11(20(39-22)31-8-29-14-10(31)1-2-26-19(14)35)40-41(36,42)37-4-12-16(34)13(24)21(38-12)32-9-30-15-17(25)27-7-28-18(15)32/h1-2,7-9,11-13,16,20-21,33-34H,3-6H2,(H,26,35)(H,36,42)(H2,25,27,28)/t11-,12-,13+,16-,20-,21-,22-,41?/m1/s1.